The van der Waals surface area contributed by atoms with E-state index < -0.39 is 17.8 Å². The van der Waals surface area contributed by atoms with E-state index in [1.165, 1.54) is 19.2 Å². The van der Waals surface area contributed by atoms with Gasteiger partial charge in [-0.05, 0) is 17.7 Å². The molecule has 1 aliphatic heterocycles. The van der Waals surface area contributed by atoms with Crippen molar-refractivity contribution in [3.8, 4) is 0 Å². The Kier molecular flexibility index (Phi) is 4.60. The Morgan fingerprint density at radius 3 is 2.76 bits per heavy atom. The molecule has 7 nitrogen and oxygen atoms in total. The van der Waals surface area contributed by atoms with Gasteiger partial charge in [0.2, 0.25) is 5.91 Å². The van der Waals surface area contributed by atoms with Gasteiger partial charge < -0.3 is 9.88 Å². The Morgan fingerprint density at radius 2 is 2.12 bits per heavy atom. The summed E-state index contributed by atoms with van der Waals surface area (Å²) in [5, 5.41) is 8.03. The van der Waals surface area contributed by atoms with E-state index in [1.807, 2.05) is 0 Å². The van der Waals surface area contributed by atoms with Crippen LogP contribution >= 0.6 is 0 Å². The first kappa shape index (κ1) is 16.8. The fraction of sp³-hybridized carbons (Fsp3) is 0.294. The van der Waals surface area contributed by atoms with Gasteiger partial charge in [0.05, 0.1) is 0 Å². The van der Waals surface area contributed by atoms with Crippen LogP contribution in [0.3, 0.4) is 0 Å². The summed E-state index contributed by atoms with van der Waals surface area (Å²) in [7, 11) is 3.31. The van der Waals surface area contributed by atoms with Crippen molar-refractivity contribution in [2.24, 2.45) is 12.1 Å². The highest BCUT2D eigenvalue weighted by molar-refractivity contribution is 6.39. The first-order valence-electron chi connectivity index (χ1n) is 7.83. The minimum Gasteiger partial charge on any atom is -0.337 e. The monoisotopic (exact) mass is 343 g/mol. The molecule has 0 saturated carbocycles. The molecule has 0 aliphatic carbocycles. The molecule has 3 rings (SSSR count). The van der Waals surface area contributed by atoms with E-state index in [1.54, 1.807) is 36.1 Å². The molecule has 0 saturated heterocycles. The molecule has 1 aliphatic rings. The maximum Gasteiger partial charge on any atom is 0.268 e. The Balaban J connectivity index is 1.91. The lowest BCUT2D eigenvalue weighted by molar-refractivity contribution is -0.130. The van der Waals surface area contributed by atoms with Crippen LogP contribution in [-0.4, -0.2) is 39.1 Å². The van der Waals surface area contributed by atoms with Crippen LogP contribution in [0.2, 0.25) is 0 Å². The van der Waals surface area contributed by atoms with Crippen molar-refractivity contribution in [1.29, 1.82) is 0 Å². The van der Waals surface area contributed by atoms with Crippen molar-refractivity contribution in [3.05, 3.63) is 53.9 Å². The van der Waals surface area contributed by atoms with Gasteiger partial charge in [0.1, 0.15) is 23.4 Å². The number of hydrogen-bond acceptors (Lipinski definition) is 4. The second-order valence-electron chi connectivity index (χ2n) is 5.82. The molecule has 1 atom stereocenters. The molecule has 130 valence electrons. The minimum absolute atomic E-state index is 0.137. The summed E-state index contributed by atoms with van der Waals surface area (Å²) in [6.45, 7) is 0. The number of carbonyl (C=O) groups excluding carboxylic acids is 2. The van der Waals surface area contributed by atoms with Crippen molar-refractivity contribution in [1.82, 2.24) is 19.9 Å². The van der Waals surface area contributed by atoms with Crippen molar-refractivity contribution < 1.29 is 14.0 Å². The molecule has 1 aromatic carbocycles. The van der Waals surface area contributed by atoms with Gasteiger partial charge in [-0.1, -0.05) is 12.1 Å². The maximum atomic E-state index is 13.6. The van der Waals surface area contributed by atoms with Gasteiger partial charge in [0, 0.05) is 39.3 Å². The number of hydrazone groups is 1. The van der Waals surface area contributed by atoms with Crippen LogP contribution in [0, 0.1) is 5.82 Å². The van der Waals surface area contributed by atoms with Crippen LogP contribution in [0.5, 0.6) is 0 Å². The summed E-state index contributed by atoms with van der Waals surface area (Å²) >= 11 is 0. The van der Waals surface area contributed by atoms with Crippen molar-refractivity contribution >= 4 is 17.5 Å². The average Bonchev–Trinajstić information content (AvgIpc) is 3.00. The smallest absolute Gasteiger partial charge is 0.268 e. The third kappa shape index (κ3) is 3.57. The van der Waals surface area contributed by atoms with E-state index in [0.717, 1.165) is 5.01 Å². The number of carbonyl (C=O) groups is 2. The van der Waals surface area contributed by atoms with Gasteiger partial charge in [-0.3, -0.25) is 9.59 Å². The van der Waals surface area contributed by atoms with Gasteiger partial charge in [-0.25, -0.2) is 14.4 Å². The number of rotatable bonds is 4. The Bertz CT molecular complexity index is 845. The van der Waals surface area contributed by atoms with Gasteiger partial charge in [-0.2, -0.15) is 5.10 Å². The number of hydrogen-bond donors (Lipinski definition) is 1. The Hall–Kier alpha value is -3.03. The number of aromatic nitrogens is 2. The molecule has 25 heavy (non-hydrogen) atoms. The zero-order valence-electron chi connectivity index (χ0n) is 13.9. The standard InChI is InChI=1S/C17H18FN5O2/c1-22-9-8-19-16(22)15(11-4-3-5-12(18)10-11)20-17(25)13-6-7-14(24)23(2)21-13/h3-5,8-10,15H,6-7H2,1-2H3,(H,20,25)/t15-/m1/s1. The van der Waals surface area contributed by atoms with Crippen molar-refractivity contribution in [2.45, 2.75) is 18.9 Å². The SMILES string of the molecule is CN1N=C(C(=O)N[C@H](c2cccc(F)c2)c2nccn2C)CCC1=O. The van der Waals surface area contributed by atoms with Crippen molar-refractivity contribution in [3.63, 3.8) is 0 Å². The van der Waals surface area contributed by atoms with Gasteiger partial charge in [-0.15, -0.1) is 0 Å². The molecule has 0 unspecified atom stereocenters. The molecular formula is C17H18FN5O2. The summed E-state index contributed by atoms with van der Waals surface area (Å²) in [4.78, 5) is 28.4. The van der Waals surface area contributed by atoms with E-state index in [-0.39, 0.29) is 24.5 Å². The number of imidazole rings is 1. The molecule has 0 fully saturated rings. The predicted molar refractivity (Wildman–Crippen MR) is 89.0 cm³/mol. The van der Waals surface area contributed by atoms with Gasteiger partial charge in [0.15, 0.2) is 0 Å². The van der Waals surface area contributed by atoms with Gasteiger partial charge in [0.25, 0.3) is 5.91 Å². The lowest BCUT2D eigenvalue weighted by Crippen LogP contribution is -2.40. The third-order valence-electron chi connectivity index (χ3n) is 4.04. The Labute approximate surface area is 144 Å². The second kappa shape index (κ2) is 6.84. The summed E-state index contributed by atoms with van der Waals surface area (Å²) in [6, 6.07) is 5.37. The summed E-state index contributed by atoms with van der Waals surface area (Å²) < 4.78 is 15.4. The van der Waals surface area contributed by atoms with E-state index in [9.17, 15) is 14.0 Å². The topological polar surface area (TPSA) is 79.6 Å². The highest BCUT2D eigenvalue weighted by Crippen LogP contribution is 2.21. The second-order valence-corrected chi connectivity index (χ2v) is 5.82. The highest BCUT2D eigenvalue weighted by atomic mass is 19.1. The number of amides is 2. The molecule has 2 aromatic rings. The molecule has 2 amide bonds. The summed E-state index contributed by atoms with van der Waals surface area (Å²) in [5.74, 6) is -0.370. The predicted octanol–water partition coefficient (Wildman–Crippen LogP) is 1.37. The molecule has 0 radical (unpaired) electrons. The van der Waals surface area contributed by atoms with E-state index in [2.05, 4.69) is 15.4 Å². The minimum atomic E-state index is -0.631. The lowest BCUT2D eigenvalue weighted by Gasteiger charge is -2.22. The average molecular weight is 343 g/mol. The normalized spacial score (nSPS) is 15.7. The van der Waals surface area contributed by atoms with Crippen molar-refractivity contribution in [2.75, 3.05) is 7.05 Å². The number of halogens is 1. The van der Waals surface area contributed by atoms with Crippen LogP contribution < -0.4 is 5.32 Å². The highest BCUT2D eigenvalue weighted by Gasteiger charge is 2.26. The number of aryl methyl sites for hydroxylation is 1. The van der Waals surface area contributed by atoms with Crippen LogP contribution in [-0.2, 0) is 16.6 Å². The first-order valence-corrected chi connectivity index (χ1v) is 7.83. The fourth-order valence-corrected chi connectivity index (χ4v) is 2.69. The summed E-state index contributed by atoms with van der Waals surface area (Å²) in [5.41, 5.74) is 0.834. The third-order valence-corrected chi connectivity index (χ3v) is 4.04. The summed E-state index contributed by atoms with van der Waals surface area (Å²) in [6.07, 6.45) is 3.86. The van der Waals surface area contributed by atoms with Crippen LogP contribution in [0.25, 0.3) is 0 Å². The van der Waals surface area contributed by atoms with Crippen LogP contribution in [0.4, 0.5) is 4.39 Å². The van der Waals surface area contributed by atoms with Crippen LogP contribution in [0.15, 0.2) is 41.8 Å². The molecule has 1 aromatic heterocycles. The zero-order valence-corrected chi connectivity index (χ0v) is 13.9. The molecule has 0 spiro atoms. The largest absolute Gasteiger partial charge is 0.337 e. The van der Waals surface area contributed by atoms with Gasteiger partial charge >= 0.3 is 0 Å². The number of benzene rings is 1. The molecular weight excluding hydrogens is 325 g/mol. The van der Waals surface area contributed by atoms with E-state index >= 15 is 0 Å². The first-order chi connectivity index (χ1) is 12.0. The van der Waals surface area contributed by atoms with E-state index in [0.29, 0.717) is 11.4 Å². The zero-order chi connectivity index (χ0) is 18.0. The Morgan fingerprint density at radius 1 is 1.32 bits per heavy atom. The van der Waals surface area contributed by atoms with E-state index in [4.69, 9.17) is 0 Å². The lowest BCUT2D eigenvalue weighted by atomic mass is 10.0. The van der Waals surface area contributed by atoms with Crippen LogP contribution in [0.1, 0.15) is 30.3 Å². The molecule has 0 bridgehead atoms. The molecule has 2 heterocycles. The quantitative estimate of drug-likeness (QED) is 0.911. The fourth-order valence-electron chi connectivity index (χ4n) is 2.69. The maximum absolute atomic E-state index is 13.6. The number of nitrogens with zero attached hydrogens (tertiary/aromatic N) is 4. The number of nitrogens with one attached hydrogen (secondary N) is 1. The molecule has 1 N–H and O–H groups in total. The molecule has 8 heteroatoms.